The van der Waals surface area contributed by atoms with Gasteiger partial charge >= 0.3 is 0 Å². The Labute approximate surface area is 98.9 Å². The lowest BCUT2D eigenvalue weighted by molar-refractivity contribution is 0.499. The Bertz CT molecular complexity index is 235. The highest BCUT2D eigenvalue weighted by molar-refractivity contribution is 9.11. The molecule has 1 rings (SSSR count). The quantitative estimate of drug-likeness (QED) is 0.425. The summed E-state index contributed by atoms with van der Waals surface area (Å²) in [6.45, 7) is 5.60. The number of hydrogen-bond donors (Lipinski definition) is 1. The molecule has 0 aliphatic carbocycles. The molecular weight excluding hydrogens is 320 g/mol. The molecule has 0 fully saturated rings. The topological polar surface area (TPSA) is 26.0 Å². The lowest BCUT2D eigenvalue weighted by Gasteiger charge is -2.07. The molecule has 5 heteroatoms. The van der Waals surface area contributed by atoms with E-state index in [9.17, 15) is 8.78 Å². The van der Waals surface area contributed by atoms with Crippen LogP contribution in [0.25, 0.3) is 0 Å². The molecule has 0 spiro atoms. The van der Waals surface area contributed by atoms with E-state index in [1.807, 2.05) is 13.8 Å². The molecule has 1 aromatic carbocycles. The van der Waals surface area contributed by atoms with Crippen LogP contribution in [0.3, 0.4) is 0 Å². The van der Waals surface area contributed by atoms with Crippen LogP contribution in [-0.2, 0) is 0 Å². The Hall–Kier alpha value is -0.160. The molecule has 1 aromatic rings. The van der Waals surface area contributed by atoms with Gasteiger partial charge in [-0.3, -0.25) is 0 Å². The van der Waals surface area contributed by atoms with Crippen LogP contribution in [0.4, 0.5) is 14.5 Å². The van der Waals surface area contributed by atoms with Gasteiger partial charge in [0.15, 0.2) is 11.6 Å². The lowest BCUT2D eigenvalue weighted by atomic mass is 10.2. The predicted octanol–water partition coefficient (Wildman–Crippen LogP) is 4.41. The van der Waals surface area contributed by atoms with E-state index in [-0.39, 0.29) is 14.6 Å². The molecule has 0 atom stereocenters. The molecule has 80 valence electrons. The second kappa shape index (κ2) is 5.66. The predicted molar refractivity (Wildman–Crippen MR) is 62.3 cm³/mol. The zero-order chi connectivity index (χ0) is 11.5. The fraction of sp³-hybridized carbons (Fsp3) is 0.333. The normalized spacial score (nSPS) is 9.36. The molecule has 0 bridgehead atoms. The SMILES string of the molecule is CC.Cc1c(N)c(Br)c(F)c(F)c1Br. The van der Waals surface area contributed by atoms with Gasteiger partial charge in [-0.25, -0.2) is 8.78 Å². The summed E-state index contributed by atoms with van der Waals surface area (Å²) in [5, 5.41) is 0. The molecule has 14 heavy (non-hydrogen) atoms. The van der Waals surface area contributed by atoms with Crippen molar-refractivity contribution in [2.45, 2.75) is 20.8 Å². The van der Waals surface area contributed by atoms with Crippen molar-refractivity contribution in [1.82, 2.24) is 0 Å². The fourth-order valence-corrected chi connectivity index (χ4v) is 1.62. The average molecular weight is 331 g/mol. The van der Waals surface area contributed by atoms with Gasteiger partial charge in [0.05, 0.1) is 14.6 Å². The van der Waals surface area contributed by atoms with Crippen molar-refractivity contribution in [3.63, 3.8) is 0 Å². The Kier molecular flexibility index (Phi) is 5.59. The maximum atomic E-state index is 12.9. The van der Waals surface area contributed by atoms with Crippen molar-refractivity contribution >= 4 is 37.5 Å². The van der Waals surface area contributed by atoms with E-state index < -0.39 is 11.6 Å². The van der Waals surface area contributed by atoms with E-state index in [2.05, 4.69) is 31.9 Å². The van der Waals surface area contributed by atoms with Crippen LogP contribution in [0, 0.1) is 18.6 Å². The van der Waals surface area contributed by atoms with Crippen molar-refractivity contribution in [2.24, 2.45) is 0 Å². The maximum Gasteiger partial charge on any atom is 0.176 e. The van der Waals surface area contributed by atoms with Crippen LogP contribution in [0.5, 0.6) is 0 Å². The molecule has 0 unspecified atom stereocenters. The van der Waals surface area contributed by atoms with Gasteiger partial charge in [0, 0.05) is 0 Å². The van der Waals surface area contributed by atoms with Gasteiger partial charge < -0.3 is 5.73 Å². The van der Waals surface area contributed by atoms with Crippen molar-refractivity contribution in [3.8, 4) is 0 Å². The molecule has 0 saturated carbocycles. The highest BCUT2D eigenvalue weighted by Gasteiger charge is 2.17. The van der Waals surface area contributed by atoms with E-state index in [1.54, 1.807) is 6.92 Å². The molecule has 0 aromatic heterocycles. The van der Waals surface area contributed by atoms with Gasteiger partial charge in [-0.05, 0) is 44.3 Å². The summed E-state index contributed by atoms with van der Waals surface area (Å²) in [6.07, 6.45) is 0. The standard InChI is InChI=1S/C7H5Br2F2N.C2H6/c1-2-3(8)5(10)6(11)4(9)7(2)12;1-2/h12H2,1H3;1-2H3. The minimum absolute atomic E-state index is 0.0271. The van der Waals surface area contributed by atoms with Gasteiger partial charge in [0.25, 0.3) is 0 Å². The van der Waals surface area contributed by atoms with Crippen molar-refractivity contribution in [1.29, 1.82) is 0 Å². The monoisotopic (exact) mass is 329 g/mol. The minimum Gasteiger partial charge on any atom is -0.397 e. The number of halogens is 4. The molecule has 0 heterocycles. The van der Waals surface area contributed by atoms with Crippen molar-refractivity contribution < 1.29 is 8.78 Å². The second-order valence-electron chi connectivity index (χ2n) is 2.29. The second-order valence-corrected chi connectivity index (χ2v) is 3.88. The third-order valence-electron chi connectivity index (χ3n) is 1.55. The highest BCUT2D eigenvalue weighted by Crippen LogP contribution is 2.34. The number of benzene rings is 1. The highest BCUT2D eigenvalue weighted by atomic mass is 79.9. The zero-order valence-corrected chi connectivity index (χ0v) is 11.3. The largest absolute Gasteiger partial charge is 0.397 e. The van der Waals surface area contributed by atoms with Crippen molar-refractivity contribution in [3.05, 3.63) is 26.1 Å². The summed E-state index contributed by atoms with van der Waals surface area (Å²) in [4.78, 5) is 0. The van der Waals surface area contributed by atoms with Crippen LogP contribution < -0.4 is 5.73 Å². The van der Waals surface area contributed by atoms with Gasteiger partial charge in [-0.15, -0.1) is 0 Å². The lowest BCUT2D eigenvalue weighted by Crippen LogP contribution is -1.99. The minimum atomic E-state index is -0.968. The summed E-state index contributed by atoms with van der Waals surface area (Å²) in [5.74, 6) is -1.89. The molecule has 0 radical (unpaired) electrons. The summed E-state index contributed by atoms with van der Waals surface area (Å²) in [6, 6.07) is 0. The summed E-state index contributed by atoms with van der Waals surface area (Å²) < 4.78 is 25.9. The molecule has 0 aliphatic heterocycles. The first kappa shape index (κ1) is 13.8. The Morgan fingerprint density at radius 2 is 1.36 bits per heavy atom. The van der Waals surface area contributed by atoms with E-state index in [0.717, 1.165) is 0 Å². The van der Waals surface area contributed by atoms with Gasteiger partial charge in [0.2, 0.25) is 0 Å². The van der Waals surface area contributed by atoms with Crippen LogP contribution in [-0.4, -0.2) is 0 Å². The summed E-state index contributed by atoms with van der Waals surface area (Å²) in [7, 11) is 0. The van der Waals surface area contributed by atoms with Crippen LogP contribution in [0.2, 0.25) is 0 Å². The Morgan fingerprint density at radius 1 is 1.00 bits per heavy atom. The van der Waals surface area contributed by atoms with Crippen LogP contribution in [0.15, 0.2) is 8.95 Å². The fourth-order valence-electron chi connectivity index (χ4n) is 0.758. The number of rotatable bonds is 0. The first-order valence-corrected chi connectivity index (χ1v) is 5.63. The first-order chi connectivity index (χ1) is 6.46. The summed E-state index contributed by atoms with van der Waals surface area (Å²) >= 11 is 5.75. The molecule has 2 N–H and O–H groups in total. The maximum absolute atomic E-state index is 12.9. The van der Waals surface area contributed by atoms with Gasteiger partial charge in [0.1, 0.15) is 0 Å². The molecule has 0 aliphatic rings. The van der Waals surface area contributed by atoms with E-state index in [0.29, 0.717) is 5.56 Å². The number of hydrogen-bond acceptors (Lipinski definition) is 1. The van der Waals surface area contributed by atoms with Crippen molar-refractivity contribution in [2.75, 3.05) is 5.73 Å². The Morgan fingerprint density at radius 3 is 1.79 bits per heavy atom. The number of anilines is 1. The van der Waals surface area contributed by atoms with Crippen LogP contribution >= 0.6 is 31.9 Å². The van der Waals surface area contributed by atoms with Crippen LogP contribution in [0.1, 0.15) is 19.4 Å². The average Bonchev–Trinajstić information content (AvgIpc) is 2.24. The third-order valence-corrected chi connectivity index (χ3v) is 3.27. The molecule has 1 nitrogen and oxygen atoms in total. The smallest absolute Gasteiger partial charge is 0.176 e. The first-order valence-electron chi connectivity index (χ1n) is 4.04. The molecule has 0 saturated heterocycles. The van der Waals surface area contributed by atoms with Gasteiger partial charge in [-0.1, -0.05) is 13.8 Å². The number of nitrogen functional groups attached to an aromatic ring is 1. The Balaban J connectivity index is 0.000000791. The molecule has 0 amide bonds. The van der Waals surface area contributed by atoms with E-state index >= 15 is 0 Å². The third kappa shape index (κ3) is 2.45. The number of nitrogens with two attached hydrogens (primary N) is 1. The van der Waals surface area contributed by atoms with E-state index in [4.69, 9.17) is 5.73 Å². The van der Waals surface area contributed by atoms with Gasteiger partial charge in [-0.2, -0.15) is 0 Å². The molecular formula is C9H11Br2F2N. The summed E-state index contributed by atoms with van der Waals surface area (Å²) in [5.41, 5.74) is 6.16. The van der Waals surface area contributed by atoms with E-state index in [1.165, 1.54) is 0 Å². The zero-order valence-electron chi connectivity index (χ0n) is 8.09.